The summed E-state index contributed by atoms with van der Waals surface area (Å²) >= 11 is 0. The first-order valence-electron chi connectivity index (χ1n) is 12.6. The van der Waals surface area contributed by atoms with E-state index in [1.54, 1.807) is 5.57 Å². The third-order valence-corrected chi connectivity index (χ3v) is 8.48. The Morgan fingerprint density at radius 1 is 1.26 bits per heavy atom. The molecule has 2 fully saturated rings. The fourth-order valence-corrected chi connectivity index (χ4v) is 6.13. The summed E-state index contributed by atoms with van der Waals surface area (Å²) in [5.74, 6) is 1.06. The molecule has 2 saturated carbocycles. The predicted molar refractivity (Wildman–Crippen MR) is 131 cm³/mol. The number of aliphatic hydroxyl groups is 1. The summed E-state index contributed by atoms with van der Waals surface area (Å²) in [5.41, 5.74) is 4.52. The highest BCUT2D eigenvalue weighted by Gasteiger charge is 2.45. The van der Waals surface area contributed by atoms with Gasteiger partial charge in [-0.05, 0) is 92.6 Å². The van der Waals surface area contributed by atoms with Gasteiger partial charge >= 0.3 is 0 Å². The molecule has 0 spiro atoms. The first kappa shape index (κ1) is 24.2. The minimum atomic E-state index is -0.859. The Morgan fingerprint density at radius 3 is 2.71 bits per heavy atom. The van der Waals surface area contributed by atoms with Crippen LogP contribution in [0.1, 0.15) is 91.9 Å². The van der Waals surface area contributed by atoms with E-state index in [9.17, 15) is 9.50 Å². The van der Waals surface area contributed by atoms with Crippen LogP contribution < -0.4 is 0 Å². The van der Waals surface area contributed by atoms with Gasteiger partial charge in [0.15, 0.2) is 0 Å². The van der Waals surface area contributed by atoms with E-state index in [0.29, 0.717) is 23.8 Å². The Morgan fingerprint density at radius 2 is 2.00 bits per heavy atom. The average molecular weight is 427 g/mol. The van der Waals surface area contributed by atoms with Crippen LogP contribution in [0.5, 0.6) is 0 Å². The van der Waals surface area contributed by atoms with Gasteiger partial charge in [-0.3, -0.25) is 0 Å². The quantitative estimate of drug-likeness (QED) is 0.407. The minimum absolute atomic E-state index is 0.230. The number of hydrogen-bond acceptors (Lipinski definition) is 1. The van der Waals surface area contributed by atoms with Crippen LogP contribution in [0.3, 0.4) is 0 Å². The highest BCUT2D eigenvalue weighted by atomic mass is 19.1. The van der Waals surface area contributed by atoms with Crippen LogP contribution in [0.2, 0.25) is 0 Å². The van der Waals surface area contributed by atoms with Crippen molar-refractivity contribution >= 4 is 0 Å². The molecule has 0 aliphatic heterocycles. The zero-order valence-corrected chi connectivity index (χ0v) is 20.2. The summed E-state index contributed by atoms with van der Waals surface area (Å²) < 4.78 is 14.0. The van der Waals surface area contributed by atoms with Gasteiger partial charge in [-0.15, -0.1) is 0 Å². The maximum Gasteiger partial charge on any atom is 0.125 e. The first-order valence-corrected chi connectivity index (χ1v) is 12.6. The second-order valence-electron chi connectivity index (χ2n) is 10.4. The number of rotatable bonds is 7. The molecule has 1 nitrogen and oxygen atoms in total. The Hall–Kier alpha value is -1.41. The molecule has 0 amide bonds. The van der Waals surface area contributed by atoms with Crippen molar-refractivity contribution in [3.05, 3.63) is 59.3 Å². The molecular formula is C29H43FO. The normalized spacial score (nSPS) is 33.2. The minimum Gasteiger partial charge on any atom is -0.386 e. The summed E-state index contributed by atoms with van der Waals surface area (Å²) in [4.78, 5) is 0. The van der Waals surface area contributed by atoms with Crippen molar-refractivity contribution < 1.29 is 9.50 Å². The van der Waals surface area contributed by atoms with Crippen molar-refractivity contribution in [1.82, 2.24) is 0 Å². The molecule has 0 saturated heterocycles. The van der Waals surface area contributed by atoms with E-state index in [1.807, 2.05) is 19.9 Å². The topological polar surface area (TPSA) is 20.2 Å². The molecule has 0 bridgehead atoms. The van der Waals surface area contributed by atoms with Crippen LogP contribution >= 0.6 is 0 Å². The van der Waals surface area contributed by atoms with Crippen molar-refractivity contribution in [2.24, 2.45) is 17.3 Å². The lowest BCUT2D eigenvalue weighted by molar-refractivity contribution is 0.0824. The predicted octanol–water partition coefficient (Wildman–Crippen LogP) is 8.19. The summed E-state index contributed by atoms with van der Waals surface area (Å²) in [6, 6.07) is 0. The molecule has 172 valence electrons. The highest BCUT2D eigenvalue weighted by Crippen LogP contribution is 2.57. The third-order valence-electron chi connectivity index (χ3n) is 8.48. The fraction of sp³-hybridized carbons (Fsp3) is 0.655. The van der Waals surface area contributed by atoms with Gasteiger partial charge in [0.2, 0.25) is 0 Å². The molecule has 31 heavy (non-hydrogen) atoms. The molecular weight excluding hydrogens is 383 g/mol. The molecule has 1 N–H and O–H groups in total. The van der Waals surface area contributed by atoms with Gasteiger partial charge in [0.25, 0.3) is 0 Å². The summed E-state index contributed by atoms with van der Waals surface area (Å²) in [6.45, 7) is 12.9. The molecule has 0 aromatic rings. The van der Waals surface area contributed by atoms with Gasteiger partial charge in [-0.25, -0.2) is 4.39 Å². The molecule has 3 aliphatic rings. The van der Waals surface area contributed by atoms with E-state index in [-0.39, 0.29) is 5.41 Å². The highest BCUT2D eigenvalue weighted by molar-refractivity contribution is 5.39. The maximum absolute atomic E-state index is 14.0. The lowest BCUT2D eigenvalue weighted by Crippen LogP contribution is -2.32. The number of alkyl halides is 1. The van der Waals surface area contributed by atoms with Crippen molar-refractivity contribution in [3.8, 4) is 0 Å². The van der Waals surface area contributed by atoms with Crippen molar-refractivity contribution in [3.63, 3.8) is 0 Å². The van der Waals surface area contributed by atoms with E-state index in [0.717, 1.165) is 50.5 Å². The molecule has 4 atom stereocenters. The monoisotopic (exact) mass is 426 g/mol. The first-order chi connectivity index (χ1) is 14.7. The van der Waals surface area contributed by atoms with Gasteiger partial charge in [-0.1, -0.05) is 75.8 Å². The van der Waals surface area contributed by atoms with Crippen molar-refractivity contribution in [2.45, 2.75) is 104 Å². The van der Waals surface area contributed by atoms with Crippen molar-refractivity contribution in [2.75, 3.05) is 0 Å². The standard InChI is InChI=1S/C29H43FO/c1-6-29(31,7-2)20-9-11-21(3)25-17-18-26-24(13-10-19-28(25,26)5)16-15-23-12-8-14-27(30)22(23)4/h9,15-17,20-21,26-27,31H,4,6-8,10-14,18-19H2,1-3,5H3/b20-9+,23-15-,24-16+. The smallest absolute Gasteiger partial charge is 0.125 e. The lowest BCUT2D eigenvalue weighted by Gasteiger charge is -2.42. The second-order valence-corrected chi connectivity index (χ2v) is 10.4. The number of allylic oxidation sites excluding steroid dienone is 8. The van der Waals surface area contributed by atoms with E-state index < -0.39 is 11.8 Å². The van der Waals surface area contributed by atoms with Crippen LogP contribution in [0.15, 0.2) is 59.3 Å². The SMILES string of the molecule is C=C1/C(=C\C=C2/CCCC3(C)C(C(C)C/C=C/C(O)(CC)CC)=CCC23)CCCC1F. The van der Waals surface area contributed by atoms with Crippen LogP contribution in [0, 0.1) is 17.3 Å². The molecule has 0 heterocycles. The molecule has 0 aromatic carbocycles. The zero-order chi connectivity index (χ0) is 22.6. The van der Waals surface area contributed by atoms with Crippen LogP contribution in [0.25, 0.3) is 0 Å². The Labute approximate surface area is 189 Å². The number of halogens is 1. The molecule has 3 rings (SSSR count). The van der Waals surface area contributed by atoms with Crippen LogP contribution in [-0.2, 0) is 0 Å². The van der Waals surface area contributed by atoms with Crippen molar-refractivity contribution in [1.29, 1.82) is 0 Å². The maximum atomic E-state index is 14.0. The number of hydrogen-bond donors (Lipinski definition) is 1. The fourth-order valence-electron chi connectivity index (χ4n) is 6.13. The molecule has 2 heteroatoms. The van der Waals surface area contributed by atoms with Crippen LogP contribution in [-0.4, -0.2) is 16.9 Å². The summed E-state index contributed by atoms with van der Waals surface area (Å²) in [7, 11) is 0. The van der Waals surface area contributed by atoms with Gasteiger partial charge < -0.3 is 5.11 Å². The van der Waals surface area contributed by atoms with E-state index in [2.05, 4.69) is 44.7 Å². The average Bonchev–Trinajstić information content (AvgIpc) is 3.12. The Balaban J connectivity index is 1.71. The largest absolute Gasteiger partial charge is 0.386 e. The van der Waals surface area contributed by atoms with Gasteiger partial charge in [0, 0.05) is 0 Å². The molecule has 0 radical (unpaired) electrons. The Bertz CT molecular complexity index is 779. The number of fused-ring (bicyclic) bond motifs is 1. The van der Waals surface area contributed by atoms with Gasteiger partial charge in [0.05, 0.1) is 5.60 Å². The van der Waals surface area contributed by atoms with E-state index >= 15 is 0 Å². The molecule has 4 unspecified atom stereocenters. The third kappa shape index (κ3) is 5.16. The van der Waals surface area contributed by atoms with Gasteiger partial charge in [0.1, 0.15) is 6.17 Å². The lowest BCUT2D eigenvalue weighted by atomic mass is 9.62. The zero-order valence-electron chi connectivity index (χ0n) is 20.2. The summed E-state index contributed by atoms with van der Waals surface area (Å²) in [5, 5.41) is 10.5. The van der Waals surface area contributed by atoms with Gasteiger partial charge in [-0.2, -0.15) is 0 Å². The van der Waals surface area contributed by atoms with E-state index in [1.165, 1.54) is 18.4 Å². The Kier molecular flexibility index (Phi) is 7.84. The van der Waals surface area contributed by atoms with Crippen LogP contribution in [0.4, 0.5) is 4.39 Å². The molecule has 3 aliphatic carbocycles. The summed E-state index contributed by atoms with van der Waals surface area (Å²) in [6.07, 6.45) is 20.1. The molecule has 0 aromatic heterocycles. The van der Waals surface area contributed by atoms with E-state index in [4.69, 9.17) is 0 Å². The second kappa shape index (κ2) is 10.0.